The molecule has 0 fully saturated rings. The van der Waals surface area contributed by atoms with Crippen LogP contribution >= 0.6 is 23.2 Å². The van der Waals surface area contributed by atoms with Gasteiger partial charge in [-0.05, 0) is 23.8 Å². The Bertz CT molecular complexity index is 852. The molecule has 0 saturated carbocycles. The highest BCUT2D eigenvalue weighted by Crippen LogP contribution is 2.33. The van der Waals surface area contributed by atoms with Gasteiger partial charge in [-0.25, -0.2) is 0 Å². The van der Waals surface area contributed by atoms with Crippen molar-refractivity contribution in [3.05, 3.63) is 58.1 Å². The van der Waals surface area contributed by atoms with Crippen LogP contribution in [0.1, 0.15) is 5.56 Å². The lowest BCUT2D eigenvalue weighted by molar-refractivity contribution is -0.120. The zero-order valence-corrected chi connectivity index (χ0v) is 15.3. The second-order valence-corrected chi connectivity index (χ2v) is 7.58. The SMILES string of the molecule is O=C(Cc1ccccc1Nc1c(Cl)cccc1Cl)NCCS(=O)(=O)O. The normalized spacial score (nSPS) is 11.2. The summed E-state index contributed by atoms with van der Waals surface area (Å²) in [5, 5.41) is 6.45. The monoisotopic (exact) mass is 402 g/mol. The van der Waals surface area contributed by atoms with Crippen LogP contribution in [0.25, 0.3) is 0 Å². The predicted octanol–water partition coefficient (Wildman–Crippen LogP) is 3.28. The summed E-state index contributed by atoms with van der Waals surface area (Å²) >= 11 is 12.3. The average molecular weight is 403 g/mol. The van der Waals surface area contributed by atoms with E-state index < -0.39 is 15.9 Å². The molecule has 0 aromatic heterocycles. The number of amides is 1. The smallest absolute Gasteiger partial charge is 0.266 e. The molecule has 0 spiro atoms. The Labute approximate surface area is 155 Å². The topological polar surface area (TPSA) is 95.5 Å². The molecule has 0 bridgehead atoms. The molecule has 1 amide bonds. The molecular weight excluding hydrogens is 387 g/mol. The number of nitrogens with one attached hydrogen (secondary N) is 2. The molecule has 134 valence electrons. The summed E-state index contributed by atoms with van der Waals surface area (Å²) in [6.45, 7) is -0.163. The number of benzene rings is 2. The molecule has 3 N–H and O–H groups in total. The van der Waals surface area contributed by atoms with E-state index in [1.54, 1.807) is 42.5 Å². The first-order chi connectivity index (χ1) is 11.8. The summed E-state index contributed by atoms with van der Waals surface area (Å²) in [5.41, 5.74) is 1.87. The van der Waals surface area contributed by atoms with Crippen molar-refractivity contribution in [3.8, 4) is 0 Å². The first-order valence-corrected chi connectivity index (χ1v) is 9.63. The van der Waals surface area contributed by atoms with Crippen LogP contribution < -0.4 is 10.6 Å². The lowest BCUT2D eigenvalue weighted by Crippen LogP contribution is -2.30. The quantitative estimate of drug-likeness (QED) is 0.617. The Balaban J connectivity index is 2.09. The second-order valence-electron chi connectivity index (χ2n) is 5.19. The minimum absolute atomic E-state index is 0.0245. The van der Waals surface area contributed by atoms with Crippen molar-refractivity contribution in [3.63, 3.8) is 0 Å². The van der Waals surface area contributed by atoms with E-state index in [4.69, 9.17) is 27.8 Å². The molecule has 0 aliphatic carbocycles. The molecule has 0 aliphatic rings. The number of carbonyl (C=O) groups excluding carboxylic acids is 1. The molecule has 0 heterocycles. The van der Waals surface area contributed by atoms with E-state index in [1.807, 2.05) is 0 Å². The summed E-state index contributed by atoms with van der Waals surface area (Å²) in [5.74, 6) is -0.906. The van der Waals surface area contributed by atoms with Gasteiger partial charge >= 0.3 is 0 Å². The van der Waals surface area contributed by atoms with Crippen molar-refractivity contribution in [2.45, 2.75) is 6.42 Å². The first-order valence-electron chi connectivity index (χ1n) is 7.27. The van der Waals surface area contributed by atoms with Crippen LogP contribution in [-0.2, 0) is 21.3 Å². The van der Waals surface area contributed by atoms with Crippen LogP contribution in [0.5, 0.6) is 0 Å². The van der Waals surface area contributed by atoms with Crippen molar-refractivity contribution < 1.29 is 17.8 Å². The lowest BCUT2D eigenvalue weighted by Gasteiger charge is -2.14. The molecule has 6 nitrogen and oxygen atoms in total. The van der Waals surface area contributed by atoms with E-state index in [-0.39, 0.29) is 18.9 Å². The Morgan fingerprint density at radius 1 is 1.04 bits per heavy atom. The summed E-state index contributed by atoms with van der Waals surface area (Å²) in [6, 6.07) is 12.2. The summed E-state index contributed by atoms with van der Waals surface area (Å²) < 4.78 is 30.0. The minimum Gasteiger partial charge on any atom is -0.355 e. The number of carbonyl (C=O) groups is 1. The Morgan fingerprint density at radius 3 is 2.32 bits per heavy atom. The van der Waals surface area contributed by atoms with E-state index in [0.29, 0.717) is 27.0 Å². The van der Waals surface area contributed by atoms with Gasteiger partial charge in [-0.2, -0.15) is 8.42 Å². The maximum Gasteiger partial charge on any atom is 0.266 e. The maximum absolute atomic E-state index is 12.0. The highest BCUT2D eigenvalue weighted by molar-refractivity contribution is 7.85. The Kier molecular flexibility index (Phi) is 6.66. The van der Waals surface area contributed by atoms with Crippen molar-refractivity contribution in [1.29, 1.82) is 0 Å². The Hall–Kier alpha value is -1.80. The molecule has 2 rings (SSSR count). The van der Waals surface area contributed by atoms with E-state index in [1.165, 1.54) is 0 Å². The van der Waals surface area contributed by atoms with Gasteiger partial charge in [0.05, 0.1) is 27.9 Å². The molecule has 0 aliphatic heterocycles. The minimum atomic E-state index is -4.11. The number of anilines is 2. The molecule has 0 atom stereocenters. The van der Waals surface area contributed by atoms with E-state index >= 15 is 0 Å². The Morgan fingerprint density at radius 2 is 1.68 bits per heavy atom. The maximum atomic E-state index is 12.0. The van der Waals surface area contributed by atoms with Crippen LogP contribution in [0.15, 0.2) is 42.5 Å². The fourth-order valence-corrected chi connectivity index (χ4v) is 2.96. The zero-order chi connectivity index (χ0) is 18.4. The second kappa shape index (κ2) is 8.53. The summed E-state index contributed by atoms with van der Waals surface area (Å²) in [6.07, 6.45) is 0.0245. The third kappa shape index (κ3) is 6.21. The van der Waals surface area contributed by atoms with Crippen LogP contribution in [0, 0.1) is 0 Å². The standard InChI is InChI=1S/C16H16Cl2N2O4S/c17-12-5-3-6-13(18)16(12)20-14-7-2-1-4-11(14)10-15(21)19-8-9-25(22,23)24/h1-7,20H,8-10H2,(H,19,21)(H,22,23,24). The largest absolute Gasteiger partial charge is 0.355 e. The zero-order valence-electron chi connectivity index (χ0n) is 13.0. The van der Waals surface area contributed by atoms with Crippen molar-refractivity contribution >= 4 is 50.6 Å². The molecule has 0 unspecified atom stereocenters. The molecular formula is C16H16Cl2N2O4S. The van der Waals surface area contributed by atoms with Crippen molar-refractivity contribution in [1.82, 2.24) is 5.32 Å². The summed E-state index contributed by atoms with van der Waals surface area (Å²) in [4.78, 5) is 12.0. The van der Waals surface area contributed by atoms with Gasteiger partial charge in [-0.1, -0.05) is 47.5 Å². The number of para-hydroxylation sites is 2. The first kappa shape index (κ1) is 19.5. The fourth-order valence-electron chi connectivity index (χ4n) is 2.10. The van der Waals surface area contributed by atoms with Crippen LogP contribution in [0.3, 0.4) is 0 Å². The molecule has 2 aromatic carbocycles. The number of rotatable bonds is 7. The van der Waals surface area contributed by atoms with Gasteiger partial charge in [-0.3, -0.25) is 9.35 Å². The van der Waals surface area contributed by atoms with Gasteiger partial charge in [-0.15, -0.1) is 0 Å². The highest BCUT2D eigenvalue weighted by Gasteiger charge is 2.12. The van der Waals surface area contributed by atoms with Crippen LogP contribution in [-0.4, -0.2) is 31.2 Å². The van der Waals surface area contributed by atoms with E-state index in [9.17, 15) is 13.2 Å². The molecule has 0 radical (unpaired) electrons. The van der Waals surface area contributed by atoms with Gasteiger partial charge < -0.3 is 10.6 Å². The highest BCUT2D eigenvalue weighted by atomic mass is 35.5. The number of halogens is 2. The fraction of sp³-hybridized carbons (Fsp3) is 0.188. The molecule has 25 heavy (non-hydrogen) atoms. The molecule has 0 saturated heterocycles. The average Bonchev–Trinajstić information content (AvgIpc) is 2.51. The van der Waals surface area contributed by atoms with Gasteiger partial charge in [0.25, 0.3) is 10.1 Å². The van der Waals surface area contributed by atoms with E-state index in [2.05, 4.69) is 10.6 Å². The lowest BCUT2D eigenvalue weighted by atomic mass is 10.1. The summed E-state index contributed by atoms with van der Waals surface area (Å²) in [7, 11) is -4.11. The molecule has 2 aromatic rings. The number of hydrogen-bond acceptors (Lipinski definition) is 4. The van der Waals surface area contributed by atoms with Crippen molar-refractivity contribution in [2.24, 2.45) is 0 Å². The van der Waals surface area contributed by atoms with Crippen molar-refractivity contribution in [2.75, 3.05) is 17.6 Å². The molecule has 9 heteroatoms. The van der Waals surface area contributed by atoms with Gasteiger partial charge in [0.15, 0.2) is 0 Å². The van der Waals surface area contributed by atoms with Gasteiger partial charge in [0.1, 0.15) is 0 Å². The van der Waals surface area contributed by atoms with Crippen LogP contribution in [0.4, 0.5) is 11.4 Å². The van der Waals surface area contributed by atoms with E-state index in [0.717, 1.165) is 0 Å². The third-order valence-corrected chi connectivity index (χ3v) is 4.62. The van der Waals surface area contributed by atoms with Gasteiger partial charge in [0.2, 0.25) is 5.91 Å². The third-order valence-electron chi connectivity index (χ3n) is 3.27. The van der Waals surface area contributed by atoms with Crippen LogP contribution in [0.2, 0.25) is 10.0 Å². The van der Waals surface area contributed by atoms with Gasteiger partial charge in [0, 0.05) is 12.2 Å². The predicted molar refractivity (Wildman–Crippen MR) is 99.3 cm³/mol. The number of hydrogen-bond donors (Lipinski definition) is 3.